The molecule has 2 aliphatic heterocycles. The van der Waals surface area contributed by atoms with E-state index in [0.29, 0.717) is 30.6 Å². The molecule has 0 radical (unpaired) electrons. The number of fused-ring (bicyclic) bond motifs is 1. The van der Waals surface area contributed by atoms with Crippen LogP contribution < -0.4 is 10.5 Å². The molecule has 3 heterocycles. The van der Waals surface area contributed by atoms with Crippen LogP contribution in [0.5, 0.6) is 0 Å². The van der Waals surface area contributed by atoms with Gasteiger partial charge in [-0.3, -0.25) is 9.59 Å². The molecule has 29 heavy (non-hydrogen) atoms. The highest BCUT2D eigenvalue weighted by molar-refractivity contribution is 5.78. The lowest BCUT2D eigenvalue weighted by Crippen LogP contribution is -2.43. The molecule has 0 bridgehead atoms. The minimum absolute atomic E-state index is 0.0706. The van der Waals surface area contributed by atoms with Crippen LogP contribution in [0.25, 0.3) is 11.0 Å². The predicted octanol–water partition coefficient (Wildman–Crippen LogP) is 3.28. The second kappa shape index (κ2) is 8.56. The summed E-state index contributed by atoms with van der Waals surface area (Å²) in [5, 5.41) is 0. The Balaban J connectivity index is 1.59. The molecule has 0 spiro atoms. The summed E-state index contributed by atoms with van der Waals surface area (Å²) in [6.45, 7) is 8.23. The number of nitrogens with zero attached hydrogens (tertiary/aromatic N) is 4. The van der Waals surface area contributed by atoms with Crippen LogP contribution >= 0.6 is 0 Å². The molecule has 0 aliphatic carbocycles. The van der Waals surface area contributed by atoms with Gasteiger partial charge in [-0.2, -0.15) is 0 Å². The molecule has 2 fully saturated rings. The van der Waals surface area contributed by atoms with E-state index < -0.39 is 0 Å². The van der Waals surface area contributed by atoms with Crippen LogP contribution in [0, 0.1) is 11.8 Å². The van der Waals surface area contributed by atoms with Gasteiger partial charge >= 0.3 is 0 Å². The number of amides is 1. The Morgan fingerprint density at radius 3 is 2.48 bits per heavy atom. The van der Waals surface area contributed by atoms with Gasteiger partial charge in [0.1, 0.15) is 0 Å². The summed E-state index contributed by atoms with van der Waals surface area (Å²) in [7, 11) is 0. The van der Waals surface area contributed by atoms with Gasteiger partial charge in [0.25, 0.3) is 5.56 Å². The Bertz CT molecular complexity index is 922. The average molecular weight is 397 g/mol. The van der Waals surface area contributed by atoms with Gasteiger partial charge in [-0.05, 0) is 49.7 Å². The lowest BCUT2D eigenvalue weighted by molar-refractivity contribution is -0.134. The van der Waals surface area contributed by atoms with Crippen molar-refractivity contribution in [3.8, 4) is 0 Å². The molecule has 2 aliphatic rings. The first-order valence-electron chi connectivity index (χ1n) is 11.0. The molecule has 2 saturated heterocycles. The molecule has 2 aromatic rings. The summed E-state index contributed by atoms with van der Waals surface area (Å²) in [6, 6.07) is 7.76. The number of para-hydroxylation sites is 2. The first kappa shape index (κ1) is 19.9. The molecular formula is C23H32N4O2. The normalized spacial score (nSPS) is 22.8. The Labute approximate surface area is 172 Å². The van der Waals surface area contributed by atoms with Crippen molar-refractivity contribution in [3.05, 3.63) is 34.6 Å². The van der Waals surface area contributed by atoms with E-state index in [0.717, 1.165) is 50.1 Å². The number of hydrogen-bond acceptors (Lipinski definition) is 4. The molecule has 156 valence electrons. The minimum Gasteiger partial charge on any atom is -0.352 e. The van der Waals surface area contributed by atoms with Crippen molar-refractivity contribution >= 4 is 22.8 Å². The smallest absolute Gasteiger partial charge is 0.294 e. The van der Waals surface area contributed by atoms with Gasteiger partial charge < -0.3 is 14.4 Å². The third-order valence-corrected chi connectivity index (χ3v) is 6.26. The monoisotopic (exact) mass is 396 g/mol. The number of anilines is 1. The molecule has 1 aromatic heterocycles. The van der Waals surface area contributed by atoms with Crippen molar-refractivity contribution in [1.82, 2.24) is 14.5 Å². The van der Waals surface area contributed by atoms with Crippen LogP contribution in [0.3, 0.4) is 0 Å². The SMILES string of the molecule is CC1CC(C)CN(C(=O)CCn2c(=O)c(N3CCCCC3)nc3ccccc32)C1. The van der Waals surface area contributed by atoms with Crippen LogP contribution in [0.2, 0.25) is 0 Å². The van der Waals surface area contributed by atoms with E-state index in [2.05, 4.69) is 18.7 Å². The number of carbonyl (C=O) groups is 1. The van der Waals surface area contributed by atoms with Crippen LogP contribution in [-0.4, -0.2) is 46.5 Å². The van der Waals surface area contributed by atoms with E-state index in [1.54, 1.807) is 4.57 Å². The van der Waals surface area contributed by atoms with Crippen LogP contribution in [-0.2, 0) is 11.3 Å². The number of carbonyl (C=O) groups excluding carboxylic acids is 1. The zero-order valence-electron chi connectivity index (χ0n) is 17.6. The lowest BCUT2D eigenvalue weighted by atomic mass is 9.92. The van der Waals surface area contributed by atoms with Crippen LogP contribution in [0.4, 0.5) is 5.82 Å². The van der Waals surface area contributed by atoms with Gasteiger partial charge in [0, 0.05) is 39.1 Å². The third-order valence-electron chi connectivity index (χ3n) is 6.26. The topological polar surface area (TPSA) is 58.4 Å². The highest BCUT2D eigenvalue weighted by Crippen LogP contribution is 2.22. The Morgan fingerprint density at radius 2 is 1.76 bits per heavy atom. The van der Waals surface area contributed by atoms with Gasteiger partial charge in [-0.25, -0.2) is 4.98 Å². The number of aromatic nitrogens is 2. The molecule has 2 unspecified atom stereocenters. The molecule has 1 amide bonds. The maximum atomic E-state index is 13.3. The first-order valence-corrected chi connectivity index (χ1v) is 11.0. The third kappa shape index (κ3) is 4.31. The molecule has 1 aromatic carbocycles. The van der Waals surface area contributed by atoms with Crippen molar-refractivity contribution < 1.29 is 4.79 Å². The van der Waals surface area contributed by atoms with Gasteiger partial charge in [0.05, 0.1) is 11.0 Å². The number of hydrogen-bond donors (Lipinski definition) is 0. The molecule has 4 rings (SSSR count). The Hall–Kier alpha value is -2.37. The number of rotatable bonds is 4. The van der Waals surface area contributed by atoms with E-state index in [9.17, 15) is 9.59 Å². The van der Waals surface area contributed by atoms with Crippen LogP contribution in [0.1, 0.15) is 46.0 Å². The second-order valence-corrected chi connectivity index (χ2v) is 8.92. The number of piperidine rings is 2. The number of aryl methyl sites for hydroxylation is 1. The molecular weight excluding hydrogens is 364 g/mol. The summed E-state index contributed by atoms with van der Waals surface area (Å²) in [5.41, 5.74) is 1.56. The van der Waals surface area contributed by atoms with E-state index in [4.69, 9.17) is 4.98 Å². The largest absolute Gasteiger partial charge is 0.352 e. The maximum Gasteiger partial charge on any atom is 0.294 e. The van der Waals surface area contributed by atoms with Crippen molar-refractivity contribution in [1.29, 1.82) is 0 Å². The quantitative estimate of drug-likeness (QED) is 0.796. The fraction of sp³-hybridized carbons (Fsp3) is 0.609. The van der Waals surface area contributed by atoms with Gasteiger partial charge in [-0.15, -0.1) is 0 Å². The molecule has 2 atom stereocenters. The Morgan fingerprint density at radius 1 is 1.07 bits per heavy atom. The van der Waals surface area contributed by atoms with E-state index in [1.165, 1.54) is 12.8 Å². The summed E-state index contributed by atoms with van der Waals surface area (Å²) in [6.07, 6.45) is 4.93. The highest BCUT2D eigenvalue weighted by Gasteiger charge is 2.26. The molecule has 6 heteroatoms. The van der Waals surface area contributed by atoms with E-state index in [-0.39, 0.29) is 11.5 Å². The minimum atomic E-state index is -0.0706. The lowest BCUT2D eigenvalue weighted by Gasteiger charge is -2.35. The summed E-state index contributed by atoms with van der Waals surface area (Å²) >= 11 is 0. The maximum absolute atomic E-state index is 13.3. The summed E-state index contributed by atoms with van der Waals surface area (Å²) in [4.78, 5) is 35.0. The standard InChI is InChI=1S/C23H32N4O2/c1-17-14-18(2)16-26(15-17)21(28)10-13-27-20-9-5-4-8-19(20)24-22(23(27)29)25-11-6-3-7-12-25/h4-5,8-9,17-18H,3,6-7,10-16H2,1-2H3. The van der Waals surface area contributed by atoms with Crippen molar-refractivity contribution in [3.63, 3.8) is 0 Å². The second-order valence-electron chi connectivity index (χ2n) is 8.92. The zero-order chi connectivity index (χ0) is 20.4. The number of benzene rings is 1. The summed E-state index contributed by atoms with van der Waals surface area (Å²) < 4.78 is 1.76. The van der Waals surface area contributed by atoms with E-state index in [1.807, 2.05) is 29.2 Å². The van der Waals surface area contributed by atoms with E-state index >= 15 is 0 Å². The fourth-order valence-corrected chi connectivity index (χ4v) is 4.94. The van der Waals surface area contributed by atoms with Crippen LogP contribution in [0.15, 0.2) is 29.1 Å². The zero-order valence-corrected chi connectivity index (χ0v) is 17.6. The average Bonchev–Trinajstić information content (AvgIpc) is 2.72. The van der Waals surface area contributed by atoms with Crippen molar-refractivity contribution in [2.24, 2.45) is 11.8 Å². The van der Waals surface area contributed by atoms with Gasteiger partial charge in [-0.1, -0.05) is 26.0 Å². The fourth-order valence-electron chi connectivity index (χ4n) is 4.94. The molecule has 6 nitrogen and oxygen atoms in total. The predicted molar refractivity (Wildman–Crippen MR) is 116 cm³/mol. The van der Waals surface area contributed by atoms with Gasteiger partial charge in [0.15, 0.2) is 5.82 Å². The first-order chi connectivity index (χ1) is 14.0. The Kier molecular flexibility index (Phi) is 5.88. The highest BCUT2D eigenvalue weighted by atomic mass is 16.2. The van der Waals surface area contributed by atoms with Crippen molar-refractivity contribution in [2.75, 3.05) is 31.1 Å². The molecule has 0 saturated carbocycles. The summed E-state index contributed by atoms with van der Waals surface area (Å²) in [5.74, 6) is 1.77. The number of likely N-dealkylation sites (tertiary alicyclic amines) is 1. The van der Waals surface area contributed by atoms with Crippen molar-refractivity contribution in [2.45, 2.75) is 52.5 Å². The molecule has 0 N–H and O–H groups in total. The van der Waals surface area contributed by atoms with Gasteiger partial charge in [0.2, 0.25) is 5.91 Å².